The summed E-state index contributed by atoms with van der Waals surface area (Å²) in [4.78, 5) is 33.0. The number of aromatic nitrogens is 4. The first-order valence-electron chi connectivity index (χ1n) is 8.90. The van der Waals surface area contributed by atoms with Crippen LogP contribution in [0.1, 0.15) is 41.9 Å². The second-order valence-corrected chi connectivity index (χ2v) is 6.72. The smallest absolute Gasteiger partial charge is 0.251 e. The number of hydrogen-bond acceptors (Lipinski definition) is 5. The average molecular weight is 359 g/mol. The zero-order chi connectivity index (χ0) is 18.7. The summed E-state index contributed by atoms with van der Waals surface area (Å²) in [6, 6.07) is 3.47. The van der Waals surface area contributed by atoms with Crippen molar-refractivity contribution in [3.8, 4) is 0 Å². The molecule has 2 aromatic heterocycles. The highest BCUT2D eigenvalue weighted by Gasteiger charge is 2.26. The van der Waals surface area contributed by atoms with Gasteiger partial charge in [-0.3, -0.25) is 14.3 Å². The summed E-state index contributed by atoms with van der Waals surface area (Å²) in [6.45, 7) is 7.88. The van der Waals surface area contributed by atoms with Crippen molar-refractivity contribution in [2.45, 2.75) is 46.3 Å². The van der Waals surface area contributed by atoms with E-state index in [2.05, 4.69) is 15.1 Å². The lowest BCUT2D eigenvalue weighted by molar-refractivity contribution is -0.139. The molecule has 8 heteroatoms. The summed E-state index contributed by atoms with van der Waals surface area (Å²) in [7, 11) is 0. The lowest BCUT2D eigenvalue weighted by Gasteiger charge is -2.32. The van der Waals surface area contributed by atoms with Gasteiger partial charge in [0.15, 0.2) is 0 Å². The lowest BCUT2D eigenvalue weighted by Crippen LogP contribution is -2.43. The predicted octanol–water partition coefficient (Wildman–Crippen LogP) is 1.27. The summed E-state index contributed by atoms with van der Waals surface area (Å²) in [5, 5.41) is 4.42. The number of carbonyl (C=O) groups excluding carboxylic acids is 1. The highest BCUT2D eigenvalue weighted by atomic mass is 16.5. The molecule has 3 heterocycles. The topological polar surface area (TPSA) is 93.1 Å². The Hall–Kier alpha value is -2.48. The summed E-state index contributed by atoms with van der Waals surface area (Å²) in [5.41, 5.74) is 2.53. The van der Waals surface area contributed by atoms with Gasteiger partial charge < -0.3 is 14.6 Å². The summed E-state index contributed by atoms with van der Waals surface area (Å²) in [6.07, 6.45) is 0.807. The van der Waals surface area contributed by atoms with Crippen LogP contribution in [-0.4, -0.2) is 50.3 Å². The number of rotatable bonds is 5. The molecule has 1 atom stereocenters. The molecule has 0 saturated carbocycles. The maximum absolute atomic E-state index is 12.5. The van der Waals surface area contributed by atoms with Crippen LogP contribution >= 0.6 is 0 Å². The first-order chi connectivity index (χ1) is 12.4. The molecule has 1 N–H and O–H groups in total. The first-order valence-corrected chi connectivity index (χ1v) is 8.90. The van der Waals surface area contributed by atoms with Crippen molar-refractivity contribution in [1.29, 1.82) is 0 Å². The number of ether oxygens (including phenoxy) is 1. The van der Waals surface area contributed by atoms with E-state index in [-0.39, 0.29) is 11.5 Å². The van der Waals surface area contributed by atoms with Crippen molar-refractivity contribution in [3.05, 3.63) is 45.4 Å². The Morgan fingerprint density at radius 2 is 2.12 bits per heavy atom. The number of hydrogen-bond donors (Lipinski definition) is 1. The van der Waals surface area contributed by atoms with Gasteiger partial charge in [0, 0.05) is 37.0 Å². The molecule has 8 nitrogen and oxygen atoms in total. The number of morpholine rings is 1. The Bertz CT molecular complexity index is 842. The third-order valence-electron chi connectivity index (χ3n) is 4.48. The van der Waals surface area contributed by atoms with Gasteiger partial charge in [-0.1, -0.05) is 0 Å². The van der Waals surface area contributed by atoms with E-state index in [0.29, 0.717) is 37.6 Å². The number of nitrogens with zero attached hydrogens (tertiary/aromatic N) is 4. The van der Waals surface area contributed by atoms with Crippen molar-refractivity contribution in [3.63, 3.8) is 0 Å². The molecule has 1 fully saturated rings. The van der Waals surface area contributed by atoms with Crippen molar-refractivity contribution < 1.29 is 9.53 Å². The van der Waals surface area contributed by atoms with Crippen LogP contribution in [0.4, 0.5) is 0 Å². The molecular weight excluding hydrogens is 334 g/mol. The van der Waals surface area contributed by atoms with Gasteiger partial charge in [0.05, 0.1) is 18.8 Å². The quantitative estimate of drug-likeness (QED) is 0.868. The number of nitrogens with one attached hydrogen (secondary N) is 1. The fourth-order valence-electron chi connectivity index (χ4n) is 3.24. The molecule has 3 rings (SSSR count). The first kappa shape index (κ1) is 18.3. The van der Waals surface area contributed by atoms with Crippen LogP contribution in [0, 0.1) is 20.8 Å². The van der Waals surface area contributed by atoms with Crippen molar-refractivity contribution in [2.24, 2.45) is 0 Å². The van der Waals surface area contributed by atoms with E-state index in [1.807, 2.05) is 24.6 Å². The third kappa shape index (κ3) is 4.37. The fraction of sp³-hybridized carbons (Fsp3) is 0.556. The highest BCUT2D eigenvalue weighted by Crippen LogP contribution is 2.19. The number of H-pyrrole nitrogens is 1. The predicted molar refractivity (Wildman–Crippen MR) is 95.8 cm³/mol. The van der Waals surface area contributed by atoms with E-state index < -0.39 is 6.10 Å². The Labute approximate surface area is 152 Å². The van der Waals surface area contributed by atoms with E-state index in [1.165, 1.54) is 6.07 Å². The number of amides is 1. The van der Waals surface area contributed by atoms with E-state index in [0.717, 1.165) is 24.4 Å². The van der Waals surface area contributed by atoms with Crippen LogP contribution in [0.25, 0.3) is 0 Å². The minimum absolute atomic E-state index is 0.0924. The molecule has 1 amide bonds. The zero-order valence-corrected chi connectivity index (χ0v) is 15.5. The van der Waals surface area contributed by atoms with Crippen LogP contribution in [0.5, 0.6) is 0 Å². The summed E-state index contributed by atoms with van der Waals surface area (Å²) < 4.78 is 7.64. The average Bonchev–Trinajstić information content (AvgIpc) is 2.91. The Balaban J connectivity index is 1.56. The molecule has 0 bridgehead atoms. The molecule has 0 radical (unpaired) electrons. The van der Waals surface area contributed by atoms with Crippen LogP contribution < -0.4 is 5.56 Å². The minimum Gasteiger partial charge on any atom is -0.367 e. The molecule has 0 spiro atoms. The van der Waals surface area contributed by atoms with Crippen LogP contribution in [-0.2, 0) is 16.1 Å². The summed E-state index contributed by atoms with van der Waals surface area (Å²) >= 11 is 0. The maximum Gasteiger partial charge on any atom is 0.251 e. The molecule has 140 valence electrons. The molecule has 2 aromatic rings. The normalized spacial score (nSPS) is 17.5. The second kappa shape index (κ2) is 7.82. The van der Waals surface area contributed by atoms with Crippen LogP contribution in [0.2, 0.25) is 0 Å². The SMILES string of the molecule is Cc1cc(=O)[nH]c([C@@H]2CN(C(=O)CCCn3nc(C)cc3C)CCO2)n1. The van der Waals surface area contributed by atoms with Gasteiger partial charge >= 0.3 is 0 Å². The van der Waals surface area contributed by atoms with Gasteiger partial charge in [-0.2, -0.15) is 5.10 Å². The maximum atomic E-state index is 12.5. The third-order valence-corrected chi connectivity index (χ3v) is 4.48. The van der Waals surface area contributed by atoms with Crippen LogP contribution in [0.3, 0.4) is 0 Å². The monoisotopic (exact) mass is 359 g/mol. The standard InChI is InChI=1S/C18H25N5O3/c1-12-10-16(24)20-18(19-12)15-11-22(7-8-26-15)17(25)5-4-6-23-14(3)9-13(2)21-23/h9-10,15H,4-8,11H2,1-3H3,(H,19,20,24)/t15-/m0/s1. The molecule has 1 aliphatic rings. The van der Waals surface area contributed by atoms with Crippen molar-refractivity contribution in [1.82, 2.24) is 24.6 Å². The Morgan fingerprint density at radius 3 is 2.81 bits per heavy atom. The number of aromatic amines is 1. The molecule has 0 aromatic carbocycles. The highest BCUT2D eigenvalue weighted by molar-refractivity contribution is 5.76. The fourth-order valence-corrected chi connectivity index (χ4v) is 3.24. The van der Waals surface area contributed by atoms with Crippen LogP contribution in [0.15, 0.2) is 16.9 Å². The van der Waals surface area contributed by atoms with Gasteiger partial charge in [-0.15, -0.1) is 0 Å². The van der Waals surface area contributed by atoms with Crippen molar-refractivity contribution in [2.75, 3.05) is 19.7 Å². The van der Waals surface area contributed by atoms with Gasteiger partial charge in [0.1, 0.15) is 11.9 Å². The second-order valence-electron chi connectivity index (χ2n) is 6.72. The van der Waals surface area contributed by atoms with E-state index in [9.17, 15) is 9.59 Å². The van der Waals surface area contributed by atoms with E-state index >= 15 is 0 Å². The zero-order valence-electron chi connectivity index (χ0n) is 15.5. The largest absolute Gasteiger partial charge is 0.367 e. The van der Waals surface area contributed by atoms with Crippen molar-refractivity contribution >= 4 is 5.91 Å². The van der Waals surface area contributed by atoms with Gasteiger partial charge in [-0.05, 0) is 33.3 Å². The Morgan fingerprint density at radius 1 is 1.31 bits per heavy atom. The molecular formula is C18H25N5O3. The van der Waals surface area contributed by atoms with Gasteiger partial charge in [0.2, 0.25) is 5.91 Å². The molecule has 1 aliphatic heterocycles. The molecule has 26 heavy (non-hydrogen) atoms. The van der Waals surface area contributed by atoms with Gasteiger partial charge in [0.25, 0.3) is 5.56 Å². The number of aryl methyl sites for hydroxylation is 4. The minimum atomic E-state index is -0.392. The summed E-state index contributed by atoms with van der Waals surface area (Å²) in [5.74, 6) is 0.574. The lowest BCUT2D eigenvalue weighted by atomic mass is 10.2. The Kier molecular flexibility index (Phi) is 5.51. The molecule has 1 saturated heterocycles. The van der Waals surface area contributed by atoms with E-state index in [1.54, 1.807) is 11.8 Å². The molecule has 0 unspecified atom stereocenters. The van der Waals surface area contributed by atoms with E-state index in [4.69, 9.17) is 4.74 Å². The molecule has 0 aliphatic carbocycles. The number of carbonyl (C=O) groups is 1. The van der Waals surface area contributed by atoms with Gasteiger partial charge in [-0.25, -0.2) is 4.98 Å².